The Morgan fingerprint density at radius 2 is 1.50 bits per heavy atom. The molecule has 0 unspecified atom stereocenters. The van der Waals surface area contributed by atoms with Gasteiger partial charge in [-0.2, -0.15) is 4.31 Å². The Hall–Kier alpha value is -0.870. The van der Waals surface area contributed by atoms with Gasteiger partial charge in [-0.15, -0.1) is 0 Å². The van der Waals surface area contributed by atoms with Gasteiger partial charge in [-0.1, -0.05) is 25.5 Å². The van der Waals surface area contributed by atoms with Crippen LogP contribution in [0.5, 0.6) is 0 Å². The molecule has 4 aliphatic rings. The van der Waals surface area contributed by atoms with Gasteiger partial charge in [-0.25, -0.2) is 8.42 Å². The first-order chi connectivity index (χ1) is 11.4. The molecule has 0 saturated heterocycles. The lowest BCUT2D eigenvalue weighted by molar-refractivity contribution is -0.0495. The van der Waals surface area contributed by atoms with E-state index in [4.69, 9.17) is 0 Å². The van der Waals surface area contributed by atoms with Crippen molar-refractivity contribution in [2.45, 2.75) is 68.7 Å². The van der Waals surface area contributed by atoms with Gasteiger partial charge in [-0.05, 0) is 80.4 Å². The van der Waals surface area contributed by atoms with E-state index in [0.29, 0.717) is 4.90 Å². The molecule has 0 aromatic heterocycles. The number of sulfonamides is 1. The Labute approximate surface area is 146 Å². The molecule has 0 N–H and O–H groups in total. The monoisotopic (exact) mass is 347 g/mol. The summed E-state index contributed by atoms with van der Waals surface area (Å²) >= 11 is 0. The predicted molar refractivity (Wildman–Crippen MR) is 96.3 cm³/mol. The minimum Gasteiger partial charge on any atom is -0.207 e. The highest BCUT2D eigenvalue weighted by Crippen LogP contribution is 2.58. The maximum atomic E-state index is 13.2. The van der Waals surface area contributed by atoms with E-state index in [-0.39, 0.29) is 5.54 Å². The third-order valence-electron chi connectivity index (χ3n) is 6.79. The average Bonchev–Trinajstić information content (AvgIpc) is 2.54. The lowest BCUT2D eigenvalue weighted by atomic mass is 9.53. The van der Waals surface area contributed by atoms with Gasteiger partial charge < -0.3 is 0 Å². The van der Waals surface area contributed by atoms with Crippen molar-refractivity contribution in [2.75, 3.05) is 7.05 Å². The highest BCUT2D eigenvalue weighted by molar-refractivity contribution is 7.89. The first-order valence-corrected chi connectivity index (χ1v) is 10.9. The fraction of sp³-hybridized carbons (Fsp3) is 0.700. The standard InChI is InChI=1S/C20H29NO2S/c1-3-4-15-5-7-19(8-6-15)24(22,23)21(2)20-12-16-9-17(13-20)11-18(10-16)14-20/h5-8,16-18H,3-4,9-14H2,1-2H3. The van der Waals surface area contributed by atoms with Gasteiger partial charge in [0.25, 0.3) is 0 Å². The van der Waals surface area contributed by atoms with Crippen molar-refractivity contribution >= 4 is 10.0 Å². The number of hydrogen-bond donors (Lipinski definition) is 0. The summed E-state index contributed by atoms with van der Waals surface area (Å²) in [5, 5.41) is 0. The Balaban J connectivity index is 1.62. The lowest BCUT2D eigenvalue weighted by Gasteiger charge is -2.59. The minimum absolute atomic E-state index is 0.115. The second-order valence-corrected chi connectivity index (χ2v) is 10.5. The summed E-state index contributed by atoms with van der Waals surface area (Å²) < 4.78 is 28.2. The highest BCUT2D eigenvalue weighted by atomic mass is 32.2. The molecule has 0 atom stereocenters. The summed E-state index contributed by atoms with van der Waals surface area (Å²) in [6, 6.07) is 7.56. The smallest absolute Gasteiger partial charge is 0.207 e. The number of nitrogens with zero attached hydrogens (tertiary/aromatic N) is 1. The van der Waals surface area contributed by atoms with E-state index in [1.54, 1.807) is 16.4 Å². The fourth-order valence-corrected chi connectivity index (χ4v) is 7.51. The molecule has 4 aliphatic carbocycles. The van der Waals surface area contributed by atoms with Crippen molar-refractivity contribution in [3.63, 3.8) is 0 Å². The lowest BCUT2D eigenvalue weighted by Crippen LogP contribution is -2.60. The number of hydrogen-bond acceptors (Lipinski definition) is 2. The van der Waals surface area contributed by atoms with Crippen LogP contribution < -0.4 is 0 Å². The molecule has 24 heavy (non-hydrogen) atoms. The molecule has 4 bridgehead atoms. The molecule has 4 saturated carbocycles. The van der Waals surface area contributed by atoms with E-state index in [9.17, 15) is 8.42 Å². The molecule has 0 heterocycles. The molecule has 5 rings (SSSR count). The zero-order valence-corrected chi connectivity index (χ0v) is 15.7. The summed E-state index contributed by atoms with van der Waals surface area (Å²) in [5.41, 5.74) is 1.10. The van der Waals surface area contributed by atoms with Crippen molar-refractivity contribution in [3.05, 3.63) is 29.8 Å². The van der Waals surface area contributed by atoms with E-state index < -0.39 is 10.0 Å². The van der Waals surface area contributed by atoms with Gasteiger partial charge in [0.05, 0.1) is 4.90 Å². The highest BCUT2D eigenvalue weighted by Gasteiger charge is 2.55. The van der Waals surface area contributed by atoms with Gasteiger partial charge in [0.1, 0.15) is 0 Å². The van der Waals surface area contributed by atoms with Crippen LogP contribution in [0.25, 0.3) is 0 Å². The van der Waals surface area contributed by atoms with Crippen LogP contribution in [-0.2, 0) is 16.4 Å². The molecule has 1 aromatic carbocycles. The first kappa shape index (κ1) is 16.6. The van der Waals surface area contributed by atoms with Gasteiger partial charge >= 0.3 is 0 Å². The minimum atomic E-state index is -3.40. The molecule has 3 nitrogen and oxygen atoms in total. The normalized spacial score (nSPS) is 34.9. The molecular formula is C20H29NO2S. The third-order valence-corrected chi connectivity index (χ3v) is 8.77. The Bertz CT molecular complexity index is 672. The van der Waals surface area contributed by atoms with Crippen LogP contribution in [0.1, 0.15) is 57.4 Å². The molecule has 1 aromatic rings. The summed E-state index contributed by atoms with van der Waals surface area (Å²) in [5.74, 6) is 2.25. The van der Waals surface area contributed by atoms with Crippen molar-refractivity contribution in [2.24, 2.45) is 17.8 Å². The second kappa shape index (κ2) is 5.84. The summed E-state index contributed by atoms with van der Waals surface area (Å²) in [6.07, 6.45) is 9.30. The third kappa shape index (κ3) is 2.62. The van der Waals surface area contributed by atoms with Crippen LogP contribution in [0.3, 0.4) is 0 Å². The quantitative estimate of drug-likeness (QED) is 0.799. The molecule has 0 amide bonds. The Kier molecular flexibility index (Phi) is 4.04. The second-order valence-electron chi connectivity index (χ2n) is 8.51. The zero-order valence-electron chi connectivity index (χ0n) is 14.9. The van der Waals surface area contributed by atoms with Crippen LogP contribution in [0.2, 0.25) is 0 Å². The van der Waals surface area contributed by atoms with Crippen LogP contribution in [0.15, 0.2) is 29.2 Å². The van der Waals surface area contributed by atoms with Crippen LogP contribution >= 0.6 is 0 Å². The molecule has 0 radical (unpaired) electrons. The maximum Gasteiger partial charge on any atom is 0.243 e. The molecule has 132 valence electrons. The summed E-state index contributed by atoms with van der Waals surface area (Å²) in [7, 11) is -1.56. The van der Waals surface area contributed by atoms with E-state index in [1.807, 2.05) is 19.2 Å². The van der Waals surface area contributed by atoms with E-state index in [1.165, 1.54) is 24.8 Å². The molecule has 4 heteroatoms. The molecule has 0 aliphatic heterocycles. The van der Waals surface area contributed by atoms with Crippen LogP contribution in [0.4, 0.5) is 0 Å². The Morgan fingerprint density at radius 1 is 1.00 bits per heavy atom. The zero-order chi connectivity index (χ0) is 16.9. The SMILES string of the molecule is CCCc1ccc(S(=O)(=O)N(C)C23CC4CC(CC(C4)C2)C3)cc1. The van der Waals surface area contributed by atoms with Crippen molar-refractivity contribution in [3.8, 4) is 0 Å². The largest absolute Gasteiger partial charge is 0.243 e. The number of aryl methyl sites for hydroxylation is 1. The fourth-order valence-electron chi connectivity index (χ4n) is 5.98. The van der Waals surface area contributed by atoms with Gasteiger partial charge in [-0.3, -0.25) is 0 Å². The van der Waals surface area contributed by atoms with Crippen LogP contribution in [-0.4, -0.2) is 25.3 Å². The molecule has 4 fully saturated rings. The van der Waals surface area contributed by atoms with E-state index in [2.05, 4.69) is 6.92 Å². The first-order valence-electron chi connectivity index (χ1n) is 9.51. The van der Waals surface area contributed by atoms with Crippen molar-refractivity contribution in [1.29, 1.82) is 0 Å². The van der Waals surface area contributed by atoms with E-state index in [0.717, 1.165) is 49.9 Å². The predicted octanol–water partition coefficient (Wildman–Crippen LogP) is 4.23. The summed E-state index contributed by atoms with van der Waals surface area (Å²) in [6.45, 7) is 2.14. The van der Waals surface area contributed by atoms with Crippen molar-refractivity contribution < 1.29 is 8.42 Å². The maximum absolute atomic E-state index is 13.2. The summed E-state index contributed by atoms with van der Waals surface area (Å²) in [4.78, 5) is 0.459. The van der Waals surface area contributed by atoms with Gasteiger partial charge in [0.2, 0.25) is 10.0 Å². The topological polar surface area (TPSA) is 37.4 Å². The van der Waals surface area contributed by atoms with Gasteiger partial charge in [0.15, 0.2) is 0 Å². The van der Waals surface area contributed by atoms with Gasteiger partial charge in [0, 0.05) is 12.6 Å². The molecule has 0 spiro atoms. The van der Waals surface area contributed by atoms with E-state index >= 15 is 0 Å². The Morgan fingerprint density at radius 3 is 1.96 bits per heavy atom. The number of benzene rings is 1. The van der Waals surface area contributed by atoms with Crippen molar-refractivity contribution in [1.82, 2.24) is 4.31 Å². The average molecular weight is 348 g/mol. The van der Waals surface area contributed by atoms with Crippen LogP contribution in [0, 0.1) is 17.8 Å². The molecular weight excluding hydrogens is 318 g/mol. The number of rotatable bonds is 5.